The predicted octanol–water partition coefficient (Wildman–Crippen LogP) is 2.63. The average molecular weight is 419 g/mol. The van der Waals surface area contributed by atoms with Gasteiger partial charge in [-0.25, -0.2) is 5.43 Å². The lowest BCUT2D eigenvalue weighted by Gasteiger charge is -2.12. The molecule has 0 aliphatic rings. The van der Waals surface area contributed by atoms with Crippen molar-refractivity contribution in [2.45, 2.75) is 13.0 Å². The van der Waals surface area contributed by atoms with Crippen LogP contribution in [0.15, 0.2) is 58.1 Å². The highest BCUT2D eigenvalue weighted by atomic mass is 79.9. The first kappa shape index (κ1) is 19.3. The maximum atomic E-state index is 12.2. The van der Waals surface area contributed by atoms with E-state index in [1.807, 2.05) is 0 Å². The molecule has 0 aliphatic heterocycles. The summed E-state index contributed by atoms with van der Waals surface area (Å²) in [6.45, 7) is 1.52. The van der Waals surface area contributed by atoms with Crippen molar-refractivity contribution in [2.75, 3.05) is 0 Å². The molecule has 0 fully saturated rings. The maximum Gasteiger partial charge on any atom is 0.270 e. The molecule has 9 heteroatoms. The van der Waals surface area contributed by atoms with Crippen molar-refractivity contribution in [1.29, 1.82) is 0 Å². The fourth-order valence-corrected chi connectivity index (χ4v) is 2.44. The normalized spacial score (nSPS) is 11.8. The summed E-state index contributed by atoms with van der Waals surface area (Å²) in [4.78, 5) is 34.4. The summed E-state index contributed by atoms with van der Waals surface area (Å²) >= 11 is 3.27. The molecule has 0 saturated heterocycles. The Morgan fingerprint density at radius 1 is 1.23 bits per heavy atom. The summed E-state index contributed by atoms with van der Waals surface area (Å²) in [5, 5.41) is 17.0. The van der Waals surface area contributed by atoms with Gasteiger partial charge in [0, 0.05) is 22.2 Å². The second-order valence-corrected chi connectivity index (χ2v) is 6.12. The van der Waals surface area contributed by atoms with Crippen LogP contribution >= 0.6 is 15.9 Å². The fourth-order valence-electron chi connectivity index (χ4n) is 1.97. The first-order chi connectivity index (χ1) is 12.4. The van der Waals surface area contributed by atoms with Crippen LogP contribution in [0.25, 0.3) is 0 Å². The van der Waals surface area contributed by atoms with Gasteiger partial charge in [-0.3, -0.25) is 19.7 Å². The molecular weight excluding hydrogens is 404 g/mol. The molecule has 1 unspecified atom stereocenters. The van der Waals surface area contributed by atoms with Crippen LogP contribution in [0.1, 0.15) is 22.8 Å². The minimum atomic E-state index is -0.822. The van der Waals surface area contributed by atoms with Gasteiger partial charge in [0.1, 0.15) is 6.04 Å². The summed E-state index contributed by atoms with van der Waals surface area (Å²) in [6.07, 6.45) is 1.28. The number of halogens is 1. The second-order valence-electron chi connectivity index (χ2n) is 5.26. The minimum absolute atomic E-state index is 0.0747. The molecule has 2 rings (SSSR count). The fraction of sp³-hybridized carbons (Fsp3) is 0.118. The number of amides is 2. The average Bonchev–Trinajstić information content (AvgIpc) is 2.62. The molecule has 0 saturated carbocycles. The molecule has 2 amide bonds. The Kier molecular flexibility index (Phi) is 6.56. The Balaban J connectivity index is 1.93. The third kappa shape index (κ3) is 5.21. The molecule has 0 heterocycles. The Hall–Kier alpha value is -3.07. The van der Waals surface area contributed by atoms with Crippen LogP contribution in [0.3, 0.4) is 0 Å². The number of rotatable bonds is 6. The number of carbonyl (C=O) groups excluding carboxylic acids is 2. The zero-order valence-electron chi connectivity index (χ0n) is 13.7. The van der Waals surface area contributed by atoms with E-state index >= 15 is 0 Å². The summed E-state index contributed by atoms with van der Waals surface area (Å²) < 4.78 is 0.619. The highest BCUT2D eigenvalue weighted by Crippen LogP contribution is 2.15. The van der Waals surface area contributed by atoms with Crippen LogP contribution in [0.5, 0.6) is 0 Å². The smallest absolute Gasteiger partial charge is 0.270 e. The molecule has 0 aromatic heterocycles. The van der Waals surface area contributed by atoms with E-state index in [1.165, 1.54) is 31.3 Å². The Morgan fingerprint density at radius 2 is 1.96 bits per heavy atom. The van der Waals surface area contributed by atoms with Gasteiger partial charge in [0.25, 0.3) is 17.5 Å². The number of hydrazone groups is 1. The van der Waals surface area contributed by atoms with E-state index in [4.69, 9.17) is 0 Å². The van der Waals surface area contributed by atoms with Gasteiger partial charge in [-0.05, 0) is 35.0 Å². The summed E-state index contributed by atoms with van der Waals surface area (Å²) in [5.41, 5.74) is 3.08. The van der Waals surface area contributed by atoms with Gasteiger partial charge in [0.2, 0.25) is 0 Å². The number of nitro benzene ring substituents is 1. The third-order valence-corrected chi connectivity index (χ3v) is 4.02. The first-order valence-corrected chi connectivity index (χ1v) is 8.30. The van der Waals surface area contributed by atoms with E-state index < -0.39 is 22.8 Å². The molecule has 134 valence electrons. The molecule has 0 radical (unpaired) electrons. The van der Waals surface area contributed by atoms with E-state index in [9.17, 15) is 19.7 Å². The van der Waals surface area contributed by atoms with Crippen LogP contribution in [0, 0.1) is 10.1 Å². The maximum absolute atomic E-state index is 12.2. The number of hydrogen-bond donors (Lipinski definition) is 2. The van der Waals surface area contributed by atoms with Crippen LogP contribution < -0.4 is 10.7 Å². The zero-order valence-corrected chi connectivity index (χ0v) is 15.3. The lowest BCUT2D eigenvalue weighted by molar-refractivity contribution is -0.384. The quantitative estimate of drug-likeness (QED) is 0.426. The Bertz CT molecular complexity index is 869. The SMILES string of the molecule is CC(NC(=O)c1ccccc1Br)C(=O)NN=Cc1cccc([N+](=O)[O-])c1. The largest absolute Gasteiger partial charge is 0.340 e. The molecule has 0 bridgehead atoms. The van der Waals surface area contributed by atoms with E-state index in [-0.39, 0.29) is 5.69 Å². The minimum Gasteiger partial charge on any atom is -0.340 e. The molecule has 0 spiro atoms. The highest BCUT2D eigenvalue weighted by Gasteiger charge is 2.17. The Labute approximate surface area is 157 Å². The Morgan fingerprint density at radius 3 is 2.65 bits per heavy atom. The van der Waals surface area contributed by atoms with Crippen LogP contribution in [-0.2, 0) is 4.79 Å². The van der Waals surface area contributed by atoms with Crippen molar-refractivity contribution >= 4 is 39.6 Å². The zero-order chi connectivity index (χ0) is 19.1. The molecule has 1 atom stereocenters. The van der Waals surface area contributed by atoms with Gasteiger partial charge in [0.05, 0.1) is 16.7 Å². The lowest BCUT2D eigenvalue weighted by Crippen LogP contribution is -2.43. The predicted molar refractivity (Wildman–Crippen MR) is 99.9 cm³/mol. The second kappa shape index (κ2) is 8.86. The van der Waals surface area contributed by atoms with Gasteiger partial charge in [-0.15, -0.1) is 0 Å². The number of nitrogens with one attached hydrogen (secondary N) is 2. The van der Waals surface area contributed by atoms with Crippen molar-refractivity contribution in [3.8, 4) is 0 Å². The van der Waals surface area contributed by atoms with Crippen molar-refractivity contribution in [2.24, 2.45) is 5.10 Å². The summed E-state index contributed by atoms with van der Waals surface area (Å²) in [7, 11) is 0. The number of hydrogen-bond acceptors (Lipinski definition) is 5. The standard InChI is InChI=1S/C17H15BrN4O4/c1-11(20-17(24)14-7-2-3-8-15(14)18)16(23)21-19-10-12-5-4-6-13(9-12)22(25)26/h2-11H,1H3,(H,20,24)(H,21,23). The number of benzene rings is 2. The molecule has 0 aliphatic carbocycles. The molecule has 26 heavy (non-hydrogen) atoms. The molecule has 2 N–H and O–H groups in total. The van der Waals surface area contributed by atoms with Crippen molar-refractivity contribution in [3.05, 3.63) is 74.2 Å². The molecule has 2 aromatic carbocycles. The topological polar surface area (TPSA) is 114 Å². The van der Waals surface area contributed by atoms with Crippen LogP contribution in [0.4, 0.5) is 5.69 Å². The van der Waals surface area contributed by atoms with E-state index in [1.54, 1.807) is 30.3 Å². The number of non-ortho nitro benzene ring substituents is 1. The third-order valence-electron chi connectivity index (χ3n) is 3.33. The van der Waals surface area contributed by atoms with Crippen molar-refractivity contribution in [1.82, 2.24) is 10.7 Å². The van der Waals surface area contributed by atoms with Crippen LogP contribution in [-0.4, -0.2) is 29.0 Å². The van der Waals surface area contributed by atoms with Gasteiger partial charge in [-0.1, -0.05) is 24.3 Å². The highest BCUT2D eigenvalue weighted by molar-refractivity contribution is 9.10. The van der Waals surface area contributed by atoms with Crippen molar-refractivity contribution < 1.29 is 14.5 Å². The molecule has 2 aromatic rings. The van der Waals surface area contributed by atoms with E-state index in [0.717, 1.165) is 0 Å². The number of nitrogens with zero attached hydrogens (tertiary/aromatic N) is 2. The first-order valence-electron chi connectivity index (χ1n) is 7.51. The number of carbonyl (C=O) groups is 2. The lowest BCUT2D eigenvalue weighted by atomic mass is 10.2. The van der Waals surface area contributed by atoms with Crippen molar-refractivity contribution in [3.63, 3.8) is 0 Å². The van der Waals surface area contributed by atoms with E-state index in [2.05, 4.69) is 31.8 Å². The van der Waals surface area contributed by atoms with E-state index in [0.29, 0.717) is 15.6 Å². The number of nitro groups is 1. The van der Waals surface area contributed by atoms with Crippen LogP contribution in [0.2, 0.25) is 0 Å². The van der Waals surface area contributed by atoms with Gasteiger partial charge in [-0.2, -0.15) is 5.10 Å². The van der Waals surface area contributed by atoms with Gasteiger partial charge in [0.15, 0.2) is 0 Å². The van der Waals surface area contributed by atoms with Gasteiger partial charge < -0.3 is 5.32 Å². The summed E-state index contributed by atoms with van der Waals surface area (Å²) in [6, 6.07) is 11.8. The summed E-state index contributed by atoms with van der Waals surface area (Å²) in [5.74, 6) is -0.921. The monoisotopic (exact) mass is 418 g/mol. The van der Waals surface area contributed by atoms with Gasteiger partial charge >= 0.3 is 0 Å². The molecular formula is C17H15BrN4O4. The molecule has 8 nitrogen and oxygen atoms in total.